The van der Waals surface area contributed by atoms with Gasteiger partial charge >= 0.3 is 5.97 Å². The zero-order chi connectivity index (χ0) is 18.5. The number of aromatic nitrogens is 2. The molecule has 0 aromatic carbocycles. The Hall–Kier alpha value is -2.68. The fraction of sp³-hybridized carbons (Fsp3) is 0.412. The second kappa shape index (κ2) is 8.13. The molecule has 138 valence electrons. The van der Waals surface area contributed by atoms with Crippen molar-refractivity contribution in [3.63, 3.8) is 0 Å². The summed E-state index contributed by atoms with van der Waals surface area (Å²) >= 11 is 1.20. The number of nitrogens with zero attached hydrogens (tertiary/aromatic N) is 4. The molecule has 2 aromatic heterocycles. The molecule has 1 aliphatic rings. The molecule has 26 heavy (non-hydrogen) atoms. The van der Waals surface area contributed by atoms with Crippen molar-refractivity contribution in [2.24, 2.45) is 0 Å². The van der Waals surface area contributed by atoms with E-state index in [1.807, 2.05) is 18.2 Å². The van der Waals surface area contributed by atoms with Gasteiger partial charge in [0.15, 0.2) is 6.61 Å². The van der Waals surface area contributed by atoms with Crippen molar-refractivity contribution >= 4 is 34.2 Å². The van der Waals surface area contributed by atoms with Crippen LogP contribution >= 0.6 is 11.5 Å². The van der Waals surface area contributed by atoms with E-state index in [-0.39, 0.29) is 12.5 Å². The molecule has 1 N–H and O–H groups in total. The minimum Gasteiger partial charge on any atom is -0.452 e. The van der Waals surface area contributed by atoms with Crippen molar-refractivity contribution in [3.05, 3.63) is 35.7 Å². The normalized spacial score (nSPS) is 14.2. The minimum absolute atomic E-state index is 0.189. The Labute approximate surface area is 155 Å². The van der Waals surface area contributed by atoms with Gasteiger partial charge in [-0.3, -0.25) is 4.79 Å². The lowest BCUT2D eigenvalue weighted by molar-refractivity contribution is -0.134. The van der Waals surface area contributed by atoms with Gasteiger partial charge in [0.05, 0.1) is 5.69 Å². The largest absolute Gasteiger partial charge is 0.452 e. The molecule has 8 nitrogen and oxygen atoms in total. The molecule has 0 atom stereocenters. The van der Waals surface area contributed by atoms with Gasteiger partial charge in [-0.05, 0) is 30.6 Å². The highest BCUT2D eigenvalue weighted by atomic mass is 32.1. The van der Waals surface area contributed by atoms with E-state index in [2.05, 4.69) is 19.6 Å². The number of hydrogen-bond acceptors (Lipinski definition) is 8. The number of piperazine rings is 1. The van der Waals surface area contributed by atoms with E-state index < -0.39 is 5.97 Å². The third-order valence-corrected chi connectivity index (χ3v) is 5.18. The van der Waals surface area contributed by atoms with Crippen LogP contribution in [0.5, 0.6) is 0 Å². The Bertz CT molecular complexity index is 772. The molecular weight excluding hydrogens is 354 g/mol. The molecular formula is C17H21N5O3S. The third-order valence-electron chi connectivity index (χ3n) is 4.23. The quantitative estimate of drug-likeness (QED) is 0.790. The highest BCUT2D eigenvalue weighted by Crippen LogP contribution is 2.24. The Morgan fingerprint density at radius 1 is 1.27 bits per heavy atom. The summed E-state index contributed by atoms with van der Waals surface area (Å²) in [5, 5.41) is 3.56. The molecule has 0 saturated carbocycles. The summed E-state index contributed by atoms with van der Waals surface area (Å²) in [6.07, 6.45) is 1.76. The maximum Gasteiger partial charge on any atom is 0.343 e. The zero-order valence-corrected chi connectivity index (χ0v) is 15.6. The van der Waals surface area contributed by atoms with Gasteiger partial charge in [0, 0.05) is 39.4 Å². The van der Waals surface area contributed by atoms with Gasteiger partial charge in [-0.1, -0.05) is 6.07 Å². The van der Waals surface area contributed by atoms with E-state index in [9.17, 15) is 9.59 Å². The number of aryl methyl sites for hydroxylation is 1. The molecule has 1 amide bonds. The van der Waals surface area contributed by atoms with Crippen LogP contribution in [0.3, 0.4) is 0 Å². The Balaban J connectivity index is 1.50. The molecule has 2 aromatic rings. The molecule has 0 radical (unpaired) electrons. The van der Waals surface area contributed by atoms with E-state index in [0.29, 0.717) is 42.4 Å². The van der Waals surface area contributed by atoms with Crippen LogP contribution in [0.4, 0.5) is 10.8 Å². The Morgan fingerprint density at radius 3 is 2.69 bits per heavy atom. The molecule has 3 rings (SSSR count). The second-order valence-electron chi connectivity index (χ2n) is 5.85. The molecule has 0 unspecified atom stereocenters. The fourth-order valence-electron chi connectivity index (χ4n) is 2.80. The van der Waals surface area contributed by atoms with Crippen LogP contribution in [0.15, 0.2) is 24.4 Å². The van der Waals surface area contributed by atoms with Crippen LogP contribution in [0.1, 0.15) is 16.1 Å². The number of esters is 1. The van der Waals surface area contributed by atoms with E-state index >= 15 is 0 Å². The van der Waals surface area contributed by atoms with Crippen molar-refractivity contribution < 1.29 is 14.3 Å². The second-order valence-corrected chi connectivity index (χ2v) is 6.63. The summed E-state index contributed by atoms with van der Waals surface area (Å²) in [5.74, 6) is 0.193. The van der Waals surface area contributed by atoms with Gasteiger partial charge in [0.1, 0.15) is 16.4 Å². The van der Waals surface area contributed by atoms with Crippen molar-refractivity contribution in [1.29, 1.82) is 0 Å². The number of carbonyl (C=O) groups is 2. The molecule has 1 saturated heterocycles. The SMILES string of the molecule is CNc1snc(C)c1C(=O)OCC(=O)N1CCN(c2ccccn2)CC1. The van der Waals surface area contributed by atoms with Crippen molar-refractivity contribution in [3.8, 4) is 0 Å². The van der Waals surface area contributed by atoms with Crippen molar-refractivity contribution in [2.75, 3.05) is 50.1 Å². The summed E-state index contributed by atoms with van der Waals surface area (Å²) in [4.78, 5) is 32.8. The molecule has 1 aliphatic heterocycles. The lowest BCUT2D eigenvalue weighted by Gasteiger charge is -2.35. The first-order valence-electron chi connectivity index (χ1n) is 8.35. The molecule has 9 heteroatoms. The number of nitrogens with one attached hydrogen (secondary N) is 1. The first kappa shape index (κ1) is 18.1. The number of pyridine rings is 1. The third kappa shape index (κ3) is 3.93. The molecule has 1 fully saturated rings. The predicted octanol–water partition coefficient (Wildman–Crippen LogP) is 1.39. The first-order valence-corrected chi connectivity index (χ1v) is 9.12. The lowest BCUT2D eigenvalue weighted by Crippen LogP contribution is -2.50. The number of amides is 1. The van der Waals surface area contributed by atoms with E-state index in [1.165, 1.54) is 11.5 Å². The standard InChI is InChI=1S/C17H21N5O3S/c1-12-15(16(18-2)26-20-12)17(24)25-11-14(23)22-9-7-21(8-10-22)13-5-3-4-6-19-13/h3-6,18H,7-11H2,1-2H3. The Morgan fingerprint density at radius 2 is 2.04 bits per heavy atom. The van der Waals surface area contributed by atoms with Gasteiger partial charge in [0.25, 0.3) is 5.91 Å². The maximum atomic E-state index is 12.3. The van der Waals surface area contributed by atoms with Crippen molar-refractivity contribution in [1.82, 2.24) is 14.3 Å². The summed E-state index contributed by atoms with van der Waals surface area (Å²) < 4.78 is 9.34. The first-order chi connectivity index (χ1) is 12.6. The van der Waals surface area contributed by atoms with Crippen LogP contribution in [0, 0.1) is 6.92 Å². The minimum atomic E-state index is -0.527. The van der Waals surface area contributed by atoms with Crippen LogP contribution in [0.25, 0.3) is 0 Å². The Kier molecular flexibility index (Phi) is 5.67. The lowest BCUT2D eigenvalue weighted by atomic mass is 10.2. The number of ether oxygens (including phenoxy) is 1. The predicted molar refractivity (Wildman–Crippen MR) is 99.7 cm³/mol. The topological polar surface area (TPSA) is 87.7 Å². The number of anilines is 2. The zero-order valence-electron chi connectivity index (χ0n) is 14.8. The van der Waals surface area contributed by atoms with Gasteiger partial charge in [0.2, 0.25) is 0 Å². The fourth-order valence-corrected chi connectivity index (χ4v) is 3.53. The highest BCUT2D eigenvalue weighted by Gasteiger charge is 2.24. The van der Waals surface area contributed by atoms with E-state index in [1.54, 1.807) is 25.1 Å². The summed E-state index contributed by atoms with van der Waals surface area (Å²) in [6.45, 7) is 4.04. The van der Waals surface area contributed by atoms with Gasteiger partial charge < -0.3 is 19.9 Å². The van der Waals surface area contributed by atoms with Gasteiger partial charge in [-0.25, -0.2) is 9.78 Å². The smallest absolute Gasteiger partial charge is 0.343 e. The van der Waals surface area contributed by atoms with Crippen LogP contribution in [-0.4, -0.2) is 66.0 Å². The van der Waals surface area contributed by atoms with Crippen LogP contribution in [0.2, 0.25) is 0 Å². The average molecular weight is 375 g/mol. The average Bonchev–Trinajstić information content (AvgIpc) is 3.07. The molecule has 0 bridgehead atoms. The van der Waals surface area contributed by atoms with Crippen molar-refractivity contribution in [2.45, 2.75) is 6.92 Å². The number of hydrogen-bond donors (Lipinski definition) is 1. The summed E-state index contributed by atoms with van der Waals surface area (Å²) in [6, 6.07) is 5.78. The number of rotatable bonds is 5. The van der Waals surface area contributed by atoms with Gasteiger partial charge in [-0.2, -0.15) is 4.37 Å². The maximum absolute atomic E-state index is 12.3. The summed E-state index contributed by atoms with van der Waals surface area (Å²) in [5.41, 5.74) is 0.992. The van der Waals surface area contributed by atoms with Crippen LogP contribution < -0.4 is 10.2 Å². The summed E-state index contributed by atoms with van der Waals surface area (Å²) in [7, 11) is 1.72. The molecule has 3 heterocycles. The molecule has 0 spiro atoms. The van der Waals surface area contributed by atoms with E-state index in [0.717, 1.165) is 5.82 Å². The van der Waals surface area contributed by atoms with E-state index in [4.69, 9.17) is 4.74 Å². The number of carbonyl (C=O) groups excluding carboxylic acids is 2. The highest BCUT2D eigenvalue weighted by molar-refractivity contribution is 7.10. The monoisotopic (exact) mass is 375 g/mol. The molecule has 0 aliphatic carbocycles. The van der Waals surface area contributed by atoms with Crippen LogP contribution in [-0.2, 0) is 9.53 Å². The van der Waals surface area contributed by atoms with Gasteiger partial charge in [-0.15, -0.1) is 0 Å².